The molecular formula is C24H31Cl2N3O4S. The first-order valence-electron chi connectivity index (χ1n) is 11.0. The molecule has 0 heterocycles. The fraction of sp³-hybridized carbons (Fsp3) is 0.417. The Morgan fingerprint density at radius 1 is 1.06 bits per heavy atom. The van der Waals surface area contributed by atoms with Crippen molar-refractivity contribution in [1.82, 2.24) is 10.2 Å². The van der Waals surface area contributed by atoms with Gasteiger partial charge in [-0.3, -0.25) is 13.9 Å². The highest BCUT2D eigenvalue weighted by Crippen LogP contribution is 2.27. The van der Waals surface area contributed by atoms with E-state index in [0.717, 1.165) is 21.7 Å². The Morgan fingerprint density at radius 2 is 1.74 bits per heavy atom. The van der Waals surface area contributed by atoms with Crippen LogP contribution in [0.3, 0.4) is 0 Å². The molecule has 0 aromatic heterocycles. The van der Waals surface area contributed by atoms with Crippen LogP contribution in [0.25, 0.3) is 0 Å². The van der Waals surface area contributed by atoms with Gasteiger partial charge in [0, 0.05) is 13.1 Å². The Labute approximate surface area is 212 Å². The third-order valence-electron chi connectivity index (χ3n) is 5.60. The number of benzene rings is 2. The molecule has 0 fully saturated rings. The maximum atomic E-state index is 13.6. The molecule has 0 saturated heterocycles. The maximum absolute atomic E-state index is 13.6. The minimum Gasteiger partial charge on any atom is -0.355 e. The van der Waals surface area contributed by atoms with Crippen LogP contribution in [0.1, 0.15) is 37.0 Å². The zero-order valence-corrected chi connectivity index (χ0v) is 22.4. The van der Waals surface area contributed by atoms with Crippen molar-refractivity contribution in [3.63, 3.8) is 0 Å². The molecule has 0 radical (unpaired) electrons. The number of anilines is 1. The van der Waals surface area contributed by atoms with Crippen molar-refractivity contribution in [2.75, 3.05) is 23.7 Å². The van der Waals surface area contributed by atoms with Crippen molar-refractivity contribution in [2.45, 2.75) is 46.7 Å². The number of likely N-dealkylation sites (N-methyl/N-ethyl adjacent to an activating group) is 1. The van der Waals surface area contributed by atoms with Crippen molar-refractivity contribution < 1.29 is 18.0 Å². The van der Waals surface area contributed by atoms with Gasteiger partial charge in [-0.25, -0.2) is 8.42 Å². The van der Waals surface area contributed by atoms with Crippen LogP contribution in [0.2, 0.25) is 10.0 Å². The van der Waals surface area contributed by atoms with E-state index in [1.807, 2.05) is 19.9 Å². The maximum Gasteiger partial charge on any atom is 0.244 e. The number of nitrogens with zero attached hydrogens (tertiary/aromatic N) is 2. The average molecular weight is 529 g/mol. The lowest BCUT2D eigenvalue weighted by Crippen LogP contribution is -2.52. The van der Waals surface area contributed by atoms with Gasteiger partial charge >= 0.3 is 0 Å². The van der Waals surface area contributed by atoms with Gasteiger partial charge in [-0.1, -0.05) is 48.3 Å². The lowest BCUT2D eigenvalue weighted by atomic mass is 10.1. The molecule has 2 amide bonds. The third-order valence-corrected chi connectivity index (χ3v) is 7.46. The summed E-state index contributed by atoms with van der Waals surface area (Å²) < 4.78 is 26.5. The molecule has 0 aliphatic heterocycles. The number of hydrogen-bond donors (Lipinski definition) is 1. The van der Waals surface area contributed by atoms with Gasteiger partial charge in [-0.05, 0) is 62.1 Å². The number of nitrogens with one attached hydrogen (secondary N) is 1. The highest BCUT2D eigenvalue weighted by Gasteiger charge is 2.32. The normalized spacial score (nSPS) is 12.2. The standard InChI is InChI=1S/C24H31Cl2N3O4S/c1-6-21(24(31)27-7-2)28(14-18-11-12-19(25)20(26)13-18)23(30)15-29(34(5,32)33)22-10-8-9-16(3)17(22)4/h8-13,21H,6-7,14-15H2,1-5H3,(H,27,31)/t21-/m1/s1. The first-order valence-corrected chi connectivity index (χ1v) is 13.6. The molecule has 0 spiro atoms. The minimum absolute atomic E-state index is 0.0652. The monoisotopic (exact) mass is 527 g/mol. The average Bonchev–Trinajstić information content (AvgIpc) is 2.76. The molecule has 10 heteroatoms. The van der Waals surface area contributed by atoms with E-state index in [-0.39, 0.29) is 12.5 Å². The zero-order valence-electron chi connectivity index (χ0n) is 20.1. The van der Waals surface area contributed by atoms with Gasteiger partial charge in [0.15, 0.2) is 0 Å². The number of halogens is 2. The highest BCUT2D eigenvalue weighted by molar-refractivity contribution is 7.92. The molecule has 1 atom stereocenters. The van der Waals surface area contributed by atoms with Gasteiger partial charge in [0.2, 0.25) is 21.8 Å². The van der Waals surface area contributed by atoms with E-state index in [1.165, 1.54) is 4.90 Å². The Hall–Kier alpha value is -2.29. The van der Waals surface area contributed by atoms with Crippen LogP contribution in [0, 0.1) is 13.8 Å². The van der Waals surface area contributed by atoms with Crippen molar-refractivity contribution >= 4 is 50.7 Å². The number of carbonyl (C=O) groups is 2. The van der Waals surface area contributed by atoms with E-state index in [2.05, 4.69) is 5.32 Å². The highest BCUT2D eigenvalue weighted by atomic mass is 35.5. The molecule has 2 aromatic rings. The topological polar surface area (TPSA) is 86.8 Å². The van der Waals surface area contributed by atoms with Crippen LogP contribution in [-0.4, -0.2) is 50.5 Å². The van der Waals surface area contributed by atoms with Crippen LogP contribution >= 0.6 is 23.2 Å². The minimum atomic E-state index is -3.79. The van der Waals surface area contributed by atoms with E-state index >= 15 is 0 Å². The molecule has 0 aliphatic carbocycles. The summed E-state index contributed by atoms with van der Waals surface area (Å²) in [6, 6.07) is 9.47. The predicted octanol–water partition coefficient (Wildman–Crippen LogP) is 4.32. The van der Waals surface area contributed by atoms with Crippen molar-refractivity contribution in [3.05, 3.63) is 63.1 Å². The van der Waals surface area contributed by atoms with Gasteiger partial charge in [-0.2, -0.15) is 0 Å². The van der Waals surface area contributed by atoms with Gasteiger partial charge in [0.1, 0.15) is 12.6 Å². The first-order chi connectivity index (χ1) is 15.9. The van der Waals surface area contributed by atoms with Gasteiger partial charge in [0.05, 0.1) is 22.0 Å². The fourth-order valence-electron chi connectivity index (χ4n) is 3.65. The lowest BCUT2D eigenvalue weighted by molar-refractivity contribution is -0.140. The molecule has 186 valence electrons. The van der Waals surface area contributed by atoms with E-state index in [1.54, 1.807) is 44.2 Å². The number of amides is 2. The second-order valence-electron chi connectivity index (χ2n) is 8.08. The number of aryl methyl sites for hydroxylation is 1. The Bertz CT molecular complexity index is 1150. The summed E-state index contributed by atoms with van der Waals surface area (Å²) in [5.41, 5.74) is 2.76. The molecule has 0 bridgehead atoms. The molecule has 0 aliphatic rings. The summed E-state index contributed by atoms with van der Waals surface area (Å²) in [6.07, 6.45) is 1.41. The summed E-state index contributed by atoms with van der Waals surface area (Å²) >= 11 is 12.2. The Morgan fingerprint density at radius 3 is 2.29 bits per heavy atom. The summed E-state index contributed by atoms with van der Waals surface area (Å²) in [6.45, 7) is 7.30. The Kier molecular flexibility index (Phi) is 9.79. The van der Waals surface area contributed by atoms with Gasteiger partial charge in [-0.15, -0.1) is 0 Å². The van der Waals surface area contributed by atoms with Crippen LogP contribution in [0.4, 0.5) is 5.69 Å². The van der Waals surface area contributed by atoms with Crippen molar-refractivity contribution in [1.29, 1.82) is 0 Å². The Balaban J connectivity index is 2.50. The lowest BCUT2D eigenvalue weighted by Gasteiger charge is -2.33. The summed E-state index contributed by atoms with van der Waals surface area (Å²) in [4.78, 5) is 27.8. The van der Waals surface area contributed by atoms with E-state index in [9.17, 15) is 18.0 Å². The van der Waals surface area contributed by atoms with Crippen molar-refractivity contribution in [3.8, 4) is 0 Å². The quantitative estimate of drug-likeness (QED) is 0.498. The SMILES string of the molecule is CCNC(=O)[C@@H](CC)N(Cc1ccc(Cl)c(Cl)c1)C(=O)CN(c1cccc(C)c1C)S(C)(=O)=O. The van der Waals surface area contributed by atoms with Crippen LogP contribution < -0.4 is 9.62 Å². The summed E-state index contributed by atoms with van der Waals surface area (Å²) in [7, 11) is -3.79. The second kappa shape index (κ2) is 11.9. The molecule has 0 unspecified atom stereocenters. The van der Waals surface area contributed by atoms with E-state index < -0.39 is 28.5 Å². The fourth-order valence-corrected chi connectivity index (χ4v) is 4.87. The molecule has 34 heavy (non-hydrogen) atoms. The molecule has 2 aromatic carbocycles. The third kappa shape index (κ3) is 6.87. The van der Waals surface area contributed by atoms with Crippen LogP contribution in [0.5, 0.6) is 0 Å². The first kappa shape index (κ1) is 28.0. The summed E-state index contributed by atoms with van der Waals surface area (Å²) in [5.74, 6) is -0.813. The van der Waals surface area contributed by atoms with Crippen molar-refractivity contribution in [2.24, 2.45) is 0 Å². The van der Waals surface area contributed by atoms with Crippen LogP contribution in [0.15, 0.2) is 36.4 Å². The molecule has 0 saturated carbocycles. The smallest absolute Gasteiger partial charge is 0.244 e. The number of carbonyl (C=O) groups excluding carboxylic acids is 2. The number of sulfonamides is 1. The van der Waals surface area contributed by atoms with E-state index in [4.69, 9.17) is 23.2 Å². The van der Waals surface area contributed by atoms with Gasteiger partial charge in [0.25, 0.3) is 0 Å². The molecular weight excluding hydrogens is 497 g/mol. The van der Waals surface area contributed by atoms with E-state index in [0.29, 0.717) is 34.3 Å². The van der Waals surface area contributed by atoms with Crippen LogP contribution in [-0.2, 0) is 26.2 Å². The molecule has 7 nitrogen and oxygen atoms in total. The zero-order chi connectivity index (χ0) is 25.6. The number of rotatable bonds is 10. The summed E-state index contributed by atoms with van der Waals surface area (Å²) in [5, 5.41) is 3.46. The number of hydrogen-bond acceptors (Lipinski definition) is 4. The predicted molar refractivity (Wildman–Crippen MR) is 138 cm³/mol. The largest absolute Gasteiger partial charge is 0.355 e. The molecule has 1 N–H and O–H groups in total. The van der Waals surface area contributed by atoms with Gasteiger partial charge < -0.3 is 10.2 Å². The molecule has 2 rings (SSSR count). The second-order valence-corrected chi connectivity index (χ2v) is 10.8.